The third-order valence-corrected chi connectivity index (χ3v) is 4.53. The summed E-state index contributed by atoms with van der Waals surface area (Å²) >= 11 is 12.0. The van der Waals surface area contributed by atoms with E-state index >= 15 is 0 Å². The number of para-hydroxylation sites is 2. The van der Waals surface area contributed by atoms with Crippen molar-refractivity contribution >= 4 is 46.4 Å². The van der Waals surface area contributed by atoms with Crippen molar-refractivity contribution in [3.05, 3.63) is 52.5 Å². The van der Waals surface area contributed by atoms with Crippen LogP contribution in [0, 0.1) is 0 Å². The first-order valence-electron chi connectivity index (χ1n) is 7.73. The molecule has 0 spiro atoms. The molecule has 1 aliphatic heterocycles. The van der Waals surface area contributed by atoms with Crippen molar-refractivity contribution in [3.63, 3.8) is 0 Å². The number of fused-ring (bicyclic) bond motifs is 1. The van der Waals surface area contributed by atoms with E-state index in [9.17, 15) is 9.59 Å². The van der Waals surface area contributed by atoms with Crippen molar-refractivity contribution in [1.82, 2.24) is 0 Å². The molecule has 2 unspecified atom stereocenters. The molecule has 2 atom stereocenters. The molecular formula is C18H16Cl2N2O3. The molecule has 5 nitrogen and oxygen atoms in total. The maximum absolute atomic E-state index is 12.7. The zero-order chi connectivity index (χ0) is 18.1. The van der Waals surface area contributed by atoms with Crippen molar-refractivity contribution < 1.29 is 14.3 Å². The summed E-state index contributed by atoms with van der Waals surface area (Å²) < 4.78 is 5.60. The summed E-state index contributed by atoms with van der Waals surface area (Å²) in [6, 6.07) is 11.2. The Hall–Kier alpha value is -2.24. The maximum atomic E-state index is 12.7. The molecule has 0 bridgehead atoms. The summed E-state index contributed by atoms with van der Waals surface area (Å²) in [5.41, 5.74) is 0.957. The third kappa shape index (κ3) is 3.43. The summed E-state index contributed by atoms with van der Waals surface area (Å²) in [4.78, 5) is 26.7. The van der Waals surface area contributed by atoms with Crippen LogP contribution in [0.4, 0.5) is 11.4 Å². The van der Waals surface area contributed by atoms with Crippen LogP contribution in [0.15, 0.2) is 42.5 Å². The van der Waals surface area contributed by atoms with Gasteiger partial charge in [-0.3, -0.25) is 14.5 Å². The van der Waals surface area contributed by atoms with Gasteiger partial charge in [-0.2, -0.15) is 0 Å². The highest BCUT2D eigenvalue weighted by Gasteiger charge is 2.37. The number of hydrogen-bond acceptors (Lipinski definition) is 3. The molecule has 1 N–H and O–H groups in total. The Labute approximate surface area is 155 Å². The van der Waals surface area contributed by atoms with Crippen molar-refractivity contribution in [1.29, 1.82) is 0 Å². The van der Waals surface area contributed by atoms with Gasteiger partial charge in [0.1, 0.15) is 11.8 Å². The molecular weight excluding hydrogens is 363 g/mol. The van der Waals surface area contributed by atoms with E-state index in [1.165, 1.54) is 4.90 Å². The molecule has 0 aromatic heterocycles. The Morgan fingerprint density at radius 1 is 1.24 bits per heavy atom. The number of amides is 2. The number of benzene rings is 2. The molecule has 3 rings (SSSR count). The summed E-state index contributed by atoms with van der Waals surface area (Å²) in [6.07, 6.45) is -0.667. The largest absolute Gasteiger partial charge is 0.479 e. The predicted molar refractivity (Wildman–Crippen MR) is 98.6 cm³/mol. The van der Waals surface area contributed by atoms with Gasteiger partial charge in [0.25, 0.3) is 5.91 Å². The molecule has 2 amide bonds. The quantitative estimate of drug-likeness (QED) is 0.872. The van der Waals surface area contributed by atoms with Gasteiger partial charge in [0.05, 0.1) is 16.4 Å². The number of ether oxygens (including phenoxy) is 1. The monoisotopic (exact) mass is 378 g/mol. The minimum absolute atomic E-state index is 0.279. The maximum Gasteiger partial charge on any atom is 0.268 e. The lowest BCUT2D eigenvalue weighted by Crippen LogP contribution is -2.52. The number of hydrogen-bond donors (Lipinski definition) is 1. The van der Waals surface area contributed by atoms with E-state index in [0.29, 0.717) is 27.2 Å². The number of halogens is 2. The summed E-state index contributed by atoms with van der Waals surface area (Å²) in [7, 11) is 0. The Kier molecular flexibility index (Phi) is 4.88. The molecule has 1 heterocycles. The van der Waals surface area contributed by atoms with Crippen LogP contribution in [-0.2, 0) is 9.59 Å². The molecule has 1 aliphatic rings. The van der Waals surface area contributed by atoms with Crippen molar-refractivity contribution in [2.75, 3.05) is 10.2 Å². The minimum Gasteiger partial charge on any atom is -0.479 e. The van der Waals surface area contributed by atoms with E-state index in [-0.39, 0.29) is 11.8 Å². The number of carbonyl (C=O) groups is 2. The molecule has 0 saturated carbocycles. The standard InChI is InChI=1S/C18H16Cl2N2O3/c1-10(17(23)21-14-9-12(19)7-8-13(14)20)22-15-5-3-4-6-16(15)25-11(2)18(22)24/h3-11H,1-2H3,(H,21,23). The molecule has 2 aromatic rings. The summed E-state index contributed by atoms with van der Waals surface area (Å²) in [6.45, 7) is 3.31. The Morgan fingerprint density at radius 2 is 1.96 bits per heavy atom. The lowest BCUT2D eigenvalue weighted by molar-refractivity contribution is -0.128. The van der Waals surface area contributed by atoms with Crippen LogP contribution in [0.3, 0.4) is 0 Å². The van der Waals surface area contributed by atoms with Gasteiger partial charge in [0.2, 0.25) is 5.91 Å². The Balaban J connectivity index is 1.89. The number of nitrogens with one attached hydrogen (secondary N) is 1. The van der Waals surface area contributed by atoms with E-state index in [1.807, 2.05) is 6.07 Å². The van der Waals surface area contributed by atoms with Crippen LogP contribution in [0.25, 0.3) is 0 Å². The Morgan fingerprint density at radius 3 is 2.72 bits per heavy atom. The lowest BCUT2D eigenvalue weighted by atomic mass is 10.1. The van der Waals surface area contributed by atoms with Crippen LogP contribution in [0.5, 0.6) is 5.75 Å². The fourth-order valence-electron chi connectivity index (χ4n) is 2.66. The van der Waals surface area contributed by atoms with Gasteiger partial charge in [-0.1, -0.05) is 35.3 Å². The first-order chi connectivity index (χ1) is 11.9. The third-order valence-electron chi connectivity index (χ3n) is 3.97. The van der Waals surface area contributed by atoms with Crippen LogP contribution < -0.4 is 15.0 Å². The van der Waals surface area contributed by atoms with Crippen LogP contribution in [0.2, 0.25) is 10.0 Å². The molecule has 0 saturated heterocycles. The van der Waals surface area contributed by atoms with Gasteiger partial charge < -0.3 is 10.1 Å². The molecule has 2 aromatic carbocycles. The first-order valence-corrected chi connectivity index (χ1v) is 8.48. The van der Waals surface area contributed by atoms with Gasteiger partial charge in [-0.15, -0.1) is 0 Å². The van der Waals surface area contributed by atoms with Crippen molar-refractivity contribution in [3.8, 4) is 5.75 Å². The Bertz CT molecular complexity index is 841. The highest BCUT2D eigenvalue weighted by molar-refractivity contribution is 6.35. The topological polar surface area (TPSA) is 58.6 Å². The van der Waals surface area contributed by atoms with Crippen molar-refractivity contribution in [2.45, 2.75) is 26.0 Å². The van der Waals surface area contributed by atoms with E-state index in [1.54, 1.807) is 50.2 Å². The van der Waals surface area contributed by atoms with Crippen LogP contribution >= 0.6 is 23.2 Å². The summed E-state index contributed by atoms with van der Waals surface area (Å²) in [5, 5.41) is 3.54. The average molecular weight is 379 g/mol. The van der Waals surface area contributed by atoms with Gasteiger partial charge in [0.15, 0.2) is 6.10 Å². The second-order valence-electron chi connectivity index (χ2n) is 5.73. The van der Waals surface area contributed by atoms with Gasteiger partial charge in [0, 0.05) is 5.02 Å². The van der Waals surface area contributed by atoms with E-state index in [2.05, 4.69) is 5.32 Å². The second-order valence-corrected chi connectivity index (χ2v) is 6.57. The van der Waals surface area contributed by atoms with Crippen LogP contribution in [-0.4, -0.2) is 24.0 Å². The molecule has 0 aliphatic carbocycles. The molecule has 0 radical (unpaired) electrons. The zero-order valence-corrected chi connectivity index (χ0v) is 15.1. The van der Waals surface area contributed by atoms with E-state index in [0.717, 1.165) is 0 Å². The smallest absolute Gasteiger partial charge is 0.268 e. The number of anilines is 2. The van der Waals surface area contributed by atoms with Crippen molar-refractivity contribution in [2.24, 2.45) is 0 Å². The van der Waals surface area contributed by atoms with Gasteiger partial charge >= 0.3 is 0 Å². The lowest BCUT2D eigenvalue weighted by Gasteiger charge is -2.36. The first kappa shape index (κ1) is 17.6. The number of rotatable bonds is 3. The average Bonchev–Trinajstić information content (AvgIpc) is 2.58. The zero-order valence-electron chi connectivity index (χ0n) is 13.6. The van der Waals surface area contributed by atoms with E-state index in [4.69, 9.17) is 27.9 Å². The highest BCUT2D eigenvalue weighted by atomic mass is 35.5. The number of carbonyl (C=O) groups excluding carboxylic acids is 2. The molecule has 25 heavy (non-hydrogen) atoms. The normalized spacial score (nSPS) is 17.5. The predicted octanol–water partition coefficient (Wildman–Crippen LogP) is 4.13. The SMILES string of the molecule is CC1Oc2ccccc2N(C(C)C(=O)Nc2cc(Cl)ccc2Cl)C1=O. The highest BCUT2D eigenvalue weighted by Crippen LogP contribution is 2.35. The molecule has 7 heteroatoms. The fourth-order valence-corrected chi connectivity index (χ4v) is 3.00. The molecule has 130 valence electrons. The number of nitrogens with zero attached hydrogens (tertiary/aromatic N) is 1. The second kappa shape index (κ2) is 6.94. The van der Waals surface area contributed by atoms with Gasteiger partial charge in [-0.25, -0.2) is 0 Å². The van der Waals surface area contributed by atoms with Gasteiger partial charge in [-0.05, 0) is 44.2 Å². The molecule has 0 fully saturated rings. The minimum atomic E-state index is -0.755. The fraction of sp³-hybridized carbons (Fsp3) is 0.222. The van der Waals surface area contributed by atoms with E-state index < -0.39 is 12.1 Å². The summed E-state index contributed by atoms with van der Waals surface area (Å²) in [5.74, 6) is -0.0880. The van der Waals surface area contributed by atoms with Crippen LogP contribution in [0.1, 0.15) is 13.8 Å².